The zero-order chi connectivity index (χ0) is 13.9. The molecule has 1 fully saturated rings. The number of nitrogens with one attached hydrogen (secondary N) is 2. The van der Waals surface area contributed by atoms with Crippen LogP contribution in [0.1, 0.15) is 32.8 Å². The Bertz CT molecular complexity index is 431. The molecule has 3 heteroatoms. The minimum absolute atomic E-state index is 0.150. The average molecular weight is 260 g/mol. The van der Waals surface area contributed by atoms with Crippen LogP contribution in [-0.2, 0) is 11.2 Å². The van der Waals surface area contributed by atoms with E-state index in [0.29, 0.717) is 5.92 Å². The Labute approximate surface area is 115 Å². The van der Waals surface area contributed by atoms with Crippen molar-refractivity contribution in [2.45, 2.75) is 33.6 Å². The molecule has 0 spiro atoms. The van der Waals surface area contributed by atoms with Gasteiger partial charge in [0.05, 0.1) is 5.41 Å². The zero-order valence-corrected chi connectivity index (χ0v) is 12.1. The summed E-state index contributed by atoms with van der Waals surface area (Å²) >= 11 is 0. The Morgan fingerprint density at radius 3 is 2.53 bits per heavy atom. The quantitative estimate of drug-likeness (QED) is 0.874. The summed E-state index contributed by atoms with van der Waals surface area (Å²) in [5.41, 5.74) is 1.93. The lowest BCUT2D eigenvalue weighted by Gasteiger charge is -2.31. The van der Waals surface area contributed by atoms with E-state index < -0.39 is 0 Å². The highest BCUT2D eigenvalue weighted by atomic mass is 16.2. The van der Waals surface area contributed by atoms with Gasteiger partial charge in [-0.1, -0.05) is 32.9 Å². The summed E-state index contributed by atoms with van der Waals surface area (Å²) in [6, 6.07) is 8.13. The summed E-state index contributed by atoms with van der Waals surface area (Å²) in [6.07, 6.45) is 1.94. The summed E-state index contributed by atoms with van der Waals surface area (Å²) in [6.45, 7) is 8.11. The van der Waals surface area contributed by atoms with Crippen LogP contribution in [0.4, 0.5) is 5.69 Å². The first-order valence-electron chi connectivity index (χ1n) is 7.19. The first-order chi connectivity index (χ1) is 9.08. The molecule has 1 atom stereocenters. The standard InChI is InChI=1S/C16H24N2O/c1-4-13-5-7-14(8-6-13)18-15(19)16(12(2)3)9-10-17-11-16/h5-8,12,17H,4,9-11H2,1-3H3,(H,18,19). The Morgan fingerprint density at radius 2 is 2.05 bits per heavy atom. The van der Waals surface area contributed by atoms with Gasteiger partial charge in [0, 0.05) is 12.2 Å². The molecule has 3 nitrogen and oxygen atoms in total. The number of anilines is 1. The van der Waals surface area contributed by atoms with E-state index >= 15 is 0 Å². The maximum Gasteiger partial charge on any atom is 0.232 e. The summed E-state index contributed by atoms with van der Waals surface area (Å²) < 4.78 is 0. The third kappa shape index (κ3) is 2.81. The molecule has 0 radical (unpaired) electrons. The molecule has 1 saturated heterocycles. The number of hydrogen-bond donors (Lipinski definition) is 2. The zero-order valence-electron chi connectivity index (χ0n) is 12.1. The maximum atomic E-state index is 12.6. The highest BCUT2D eigenvalue weighted by Gasteiger charge is 2.43. The van der Waals surface area contributed by atoms with Crippen LogP contribution in [-0.4, -0.2) is 19.0 Å². The van der Waals surface area contributed by atoms with E-state index in [9.17, 15) is 4.79 Å². The van der Waals surface area contributed by atoms with Gasteiger partial charge in [0.1, 0.15) is 0 Å². The minimum atomic E-state index is -0.260. The molecule has 0 bridgehead atoms. The largest absolute Gasteiger partial charge is 0.326 e. The first kappa shape index (κ1) is 14.1. The van der Waals surface area contributed by atoms with Crippen molar-refractivity contribution < 1.29 is 4.79 Å². The predicted octanol–water partition coefficient (Wildman–Crippen LogP) is 2.82. The first-order valence-corrected chi connectivity index (χ1v) is 7.19. The number of hydrogen-bond acceptors (Lipinski definition) is 2. The molecular weight excluding hydrogens is 236 g/mol. The maximum absolute atomic E-state index is 12.6. The van der Waals surface area contributed by atoms with Gasteiger partial charge >= 0.3 is 0 Å². The predicted molar refractivity (Wildman–Crippen MR) is 79.2 cm³/mol. The van der Waals surface area contributed by atoms with Crippen LogP contribution in [0.5, 0.6) is 0 Å². The minimum Gasteiger partial charge on any atom is -0.326 e. The molecule has 104 valence electrons. The SMILES string of the molecule is CCc1ccc(NC(=O)C2(C(C)C)CCNC2)cc1. The molecule has 0 aromatic heterocycles. The number of carbonyl (C=O) groups excluding carboxylic acids is 1. The fourth-order valence-electron chi connectivity index (χ4n) is 2.74. The molecule has 1 aromatic carbocycles. The van der Waals surface area contributed by atoms with Crippen LogP contribution in [0.2, 0.25) is 0 Å². The van der Waals surface area contributed by atoms with Crippen LogP contribution in [0.15, 0.2) is 24.3 Å². The molecule has 2 N–H and O–H groups in total. The van der Waals surface area contributed by atoms with E-state index in [1.54, 1.807) is 0 Å². The summed E-state index contributed by atoms with van der Waals surface area (Å²) in [4.78, 5) is 12.6. The molecule has 0 saturated carbocycles. The fourth-order valence-corrected chi connectivity index (χ4v) is 2.74. The van der Waals surface area contributed by atoms with Crippen molar-refractivity contribution in [3.63, 3.8) is 0 Å². The summed E-state index contributed by atoms with van der Waals surface area (Å²) in [5, 5.41) is 6.40. The number of carbonyl (C=O) groups is 1. The third-order valence-electron chi connectivity index (χ3n) is 4.37. The normalized spacial score (nSPS) is 22.7. The summed E-state index contributed by atoms with van der Waals surface area (Å²) in [5.74, 6) is 0.495. The van der Waals surface area contributed by atoms with Crippen molar-refractivity contribution in [2.75, 3.05) is 18.4 Å². The van der Waals surface area contributed by atoms with Crippen molar-refractivity contribution in [3.8, 4) is 0 Å². The molecule has 19 heavy (non-hydrogen) atoms. The van der Waals surface area contributed by atoms with Gasteiger partial charge in [-0.25, -0.2) is 0 Å². The van der Waals surface area contributed by atoms with Gasteiger partial charge in [0.25, 0.3) is 0 Å². The van der Waals surface area contributed by atoms with Crippen molar-refractivity contribution in [1.82, 2.24) is 5.32 Å². The van der Waals surface area contributed by atoms with E-state index in [-0.39, 0.29) is 11.3 Å². The van der Waals surface area contributed by atoms with Crippen molar-refractivity contribution >= 4 is 11.6 Å². The molecule has 2 rings (SSSR count). The van der Waals surface area contributed by atoms with Crippen LogP contribution in [0, 0.1) is 11.3 Å². The number of aryl methyl sites for hydroxylation is 1. The number of rotatable bonds is 4. The van der Waals surface area contributed by atoms with E-state index in [4.69, 9.17) is 0 Å². The van der Waals surface area contributed by atoms with E-state index in [2.05, 4.69) is 43.5 Å². The average Bonchev–Trinajstić information content (AvgIpc) is 2.90. The smallest absolute Gasteiger partial charge is 0.232 e. The molecule has 1 aromatic rings. The Kier molecular flexibility index (Phi) is 4.25. The van der Waals surface area contributed by atoms with Gasteiger partial charge in [-0.3, -0.25) is 4.79 Å². The number of amides is 1. The van der Waals surface area contributed by atoms with Crippen LogP contribution < -0.4 is 10.6 Å². The molecule has 0 aliphatic carbocycles. The van der Waals surface area contributed by atoms with Crippen molar-refractivity contribution in [2.24, 2.45) is 11.3 Å². The lowest BCUT2D eigenvalue weighted by molar-refractivity contribution is -0.126. The monoisotopic (exact) mass is 260 g/mol. The second kappa shape index (κ2) is 5.74. The molecular formula is C16H24N2O. The highest BCUT2D eigenvalue weighted by Crippen LogP contribution is 2.35. The third-order valence-corrected chi connectivity index (χ3v) is 4.37. The van der Waals surface area contributed by atoms with Crippen LogP contribution >= 0.6 is 0 Å². The molecule has 1 amide bonds. The van der Waals surface area contributed by atoms with Gasteiger partial charge < -0.3 is 10.6 Å². The lowest BCUT2D eigenvalue weighted by Crippen LogP contribution is -2.42. The van der Waals surface area contributed by atoms with E-state index in [0.717, 1.165) is 31.6 Å². The van der Waals surface area contributed by atoms with E-state index in [1.807, 2.05) is 12.1 Å². The van der Waals surface area contributed by atoms with Gasteiger partial charge in [-0.2, -0.15) is 0 Å². The summed E-state index contributed by atoms with van der Waals surface area (Å²) in [7, 11) is 0. The van der Waals surface area contributed by atoms with Crippen LogP contribution in [0.25, 0.3) is 0 Å². The Morgan fingerprint density at radius 1 is 1.37 bits per heavy atom. The van der Waals surface area contributed by atoms with Gasteiger partial charge in [0.15, 0.2) is 0 Å². The molecule has 1 unspecified atom stereocenters. The van der Waals surface area contributed by atoms with E-state index in [1.165, 1.54) is 5.56 Å². The molecule has 1 aliphatic heterocycles. The lowest BCUT2D eigenvalue weighted by atomic mass is 9.75. The van der Waals surface area contributed by atoms with Crippen molar-refractivity contribution in [1.29, 1.82) is 0 Å². The molecule has 1 heterocycles. The van der Waals surface area contributed by atoms with Crippen molar-refractivity contribution in [3.05, 3.63) is 29.8 Å². The Balaban J connectivity index is 2.10. The topological polar surface area (TPSA) is 41.1 Å². The highest BCUT2D eigenvalue weighted by molar-refractivity contribution is 5.96. The van der Waals surface area contributed by atoms with Gasteiger partial charge in [0.2, 0.25) is 5.91 Å². The fraction of sp³-hybridized carbons (Fsp3) is 0.562. The van der Waals surface area contributed by atoms with Gasteiger partial charge in [-0.15, -0.1) is 0 Å². The molecule has 1 aliphatic rings. The number of benzene rings is 1. The van der Waals surface area contributed by atoms with Crippen LogP contribution in [0.3, 0.4) is 0 Å². The second-order valence-electron chi connectivity index (χ2n) is 5.74. The van der Waals surface area contributed by atoms with Gasteiger partial charge in [-0.05, 0) is 43.0 Å². The Hall–Kier alpha value is -1.35. The second-order valence-corrected chi connectivity index (χ2v) is 5.74.